The Morgan fingerprint density at radius 2 is 2.00 bits per heavy atom. The predicted octanol–water partition coefficient (Wildman–Crippen LogP) is 4.19. The molecule has 0 amide bonds. The standard InChI is InChI=1S/C24H25N5O3/c1-16(2)12-13-32-22-18(10-7-11-20(22)31-3)15-26-29-24-27-21(17-8-5-4-6-9-17)19(14-25)23(30)28-24/h4-11,15-16H,12-13H2,1-3H3,(H2,27,28,29,30). The number of rotatable bonds is 9. The molecule has 0 saturated carbocycles. The lowest BCUT2D eigenvalue weighted by atomic mass is 10.1. The Kier molecular flexibility index (Phi) is 7.60. The molecule has 1 aromatic heterocycles. The van der Waals surface area contributed by atoms with E-state index in [4.69, 9.17) is 9.47 Å². The van der Waals surface area contributed by atoms with Gasteiger partial charge in [-0.2, -0.15) is 10.4 Å². The van der Waals surface area contributed by atoms with E-state index in [-0.39, 0.29) is 17.2 Å². The van der Waals surface area contributed by atoms with Gasteiger partial charge in [0, 0.05) is 11.1 Å². The number of hydrogen-bond acceptors (Lipinski definition) is 7. The molecule has 0 aliphatic rings. The van der Waals surface area contributed by atoms with Crippen molar-refractivity contribution in [3.8, 4) is 28.8 Å². The lowest BCUT2D eigenvalue weighted by Crippen LogP contribution is -2.16. The van der Waals surface area contributed by atoms with Crippen LogP contribution in [0.4, 0.5) is 5.95 Å². The van der Waals surface area contributed by atoms with Gasteiger partial charge in [0.25, 0.3) is 5.56 Å². The van der Waals surface area contributed by atoms with E-state index >= 15 is 0 Å². The molecule has 3 aromatic rings. The van der Waals surface area contributed by atoms with Gasteiger partial charge in [-0.3, -0.25) is 9.78 Å². The maximum atomic E-state index is 12.4. The van der Waals surface area contributed by atoms with E-state index in [1.54, 1.807) is 25.5 Å². The van der Waals surface area contributed by atoms with Gasteiger partial charge in [-0.05, 0) is 24.5 Å². The number of hydrazone groups is 1. The second-order valence-electron chi connectivity index (χ2n) is 7.40. The van der Waals surface area contributed by atoms with Gasteiger partial charge in [0.15, 0.2) is 11.5 Å². The second-order valence-corrected chi connectivity index (χ2v) is 7.40. The third kappa shape index (κ3) is 5.52. The quantitative estimate of drug-likeness (QED) is 0.388. The van der Waals surface area contributed by atoms with Gasteiger partial charge in [-0.1, -0.05) is 50.2 Å². The molecule has 0 fully saturated rings. The summed E-state index contributed by atoms with van der Waals surface area (Å²) >= 11 is 0. The number of methoxy groups -OCH3 is 1. The molecule has 32 heavy (non-hydrogen) atoms. The highest BCUT2D eigenvalue weighted by molar-refractivity contribution is 5.85. The minimum absolute atomic E-state index is 0.0561. The third-order valence-corrected chi connectivity index (χ3v) is 4.62. The molecule has 0 radical (unpaired) electrons. The van der Waals surface area contributed by atoms with Crippen molar-refractivity contribution in [2.75, 3.05) is 19.1 Å². The molecule has 0 atom stereocenters. The number of ether oxygens (including phenoxy) is 2. The number of hydrogen-bond donors (Lipinski definition) is 2. The molecule has 2 N–H and O–H groups in total. The first kappa shape index (κ1) is 22.6. The van der Waals surface area contributed by atoms with Gasteiger partial charge in [0.1, 0.15) is 11.6 Å². The molecule has 0 spiro atoms. The van der Waals surface area contributed by atoms with Crippen LogP contribution in [-0.2, 0) is 0 Å². The zero-order chi connectivity index (χ0) is 22.9. The van der Waals surface area contributed by atoms with E-state index in [0.29, 0.717) is 35.2 Å². The number of para-hydroxylation sites is 1. The van der Waals surface area contributed by atoms with Crippen molar-refractivity contribution in [2.45, 2.75) is 20.3 Å². The van der Waals surface area contributed by atoms with Crippen molar-refractivity contribution in [3.05, 3.63) is 70.0 Å². The van der Waals surface area contributed by atoms with E-state index in [1.807, 2.05) is 42.5 Å². The first-order chi connectivity index (χ1) is 15.5. The maximum Gasteiger partial charge on any atom is 0.270 e. The average Bonchev–Trinajstić information content (AvgIpc) is 2.79. The van der Waals surface area contributed by atoms with E-state index in [9.17, 15) is 10.1 Å². The number of nitriles is 1. The molecular formula is C24H25N5O3. The largest absolute Gasteiger partial charge is 0.493 e. The third-order valence-electron chi connectivity index (χ3n) is 4.62. The van der Waals surface area contributed by atoms with Crippen LogP contribution in [0.15, 0.2) is 58.4 Å². The lowest BCUT2D eigenvalue weighted by Gasteiger charge is -2.14. The zero-order valence-corrected chi connectivity index (χ0v) is 18.3. The lowest BCUT2D eigenvalue weighted by molar-refractivity contribution is 0.272. The summed E-state index contributed by atoms with van der Waals surface area (Å²) in [6, 6.07) is 16.5. The highest BCUT2D eigenvalue weighted by atomic mass is 16.5. The summed E-state index contributed by atoms with van der Waals surface area (Å²) < 4.78 is 11.4. The van der Waals surface area contributed by atoms with Crippen molar-refractivity contribution in [1.82, 2.24) is 9.97 Å². The van der Waals surface area contributed by atoms with Crippen LogP contribution in [0.2, 0.25) is 0 Å². The summed E-state index contributed by atoms with van der Waals surface area (Å²) in [7, 11) is 1.58. The number of benzene rings is 2. The summed E-state index contributed by atoms with van der Waals surface area (Å²) in [5, 5.41) is 13.6. The number of nitrogens with one attached hydrogen (secondary N) is 2. The number of anilines is 1. The summed E-state index contributed by atoms with van der Waals surface area (Å²) in [6.07, 6.45) is 2.47. The smallest absolute Gasteiger partial charge is 0.270 e. The fourth-order valence-corrected chi connectivity index (χ4v) is 2.94. The average molecular weight is 431 g/mol. The van der Waals surface area contributed by atoms with E-state index in [2.05, 4.69) is 34.3 Å². The molecule has 1 heterocycles. The SMILES string of the molecule is COc1cccc(C=NNc2nc(-c3ccccc3)c(C#N)c(=O)[nH]2)c1OCCC(C)C. The molecule has 0 saturated heterocycles. The molecule has 2 aromatic carbocycles. The zero-order valence-electron chi connectivity index (χ0n) is 18.3. The Balaban J connectivity index is 1.86. The van der Waals surface area contributed by atoms with Crippen molar-refractivity contribution in [3.63, 3.8) is 0 Å². The molecule has 164 valence electrons. The number of nitrogens with zero attached hydrogens (tertiary/aromatic N) is 3. The maximum absolute atomic E-state index is 12.4. The summed E-state index contributed by atoms with van der Waals surface area (Å²) in [5.41, 5.74) is 3.79. The highest BCUT2D eigenvalue weighted by Gasteiger charge is 2.13. The van der Waals surface area contributed by atoms with Crippen LogP contribution in [0.3, 0.4) is 0 Å². The minimum atomic E-state index is -0.543. The van der Waals surface area contributed by atoms with Gasteiger partial charge in [0.2, 0.25) is 5.95 Å². The fraction of sp³-hybridized carbons (Fsp3) is 0.250. The molecule has 0 aliphatic carbocycles. The normalized spacial score (nSPS) is 10.8. The van der Waals surface area contributed by atoms with Crippen LogP contribution in [0.25, 0.3) is 11.3 Å². The Hall–Kier alpha value is -4.12. The van der Waals surface area contributed by atoms with Gasteiger partial charge >= 0.3 is 0 Å². The Morgan fingerprint density at radius 1 is 1.22 bits per heavy atom. The molecule has 8 nitrogen and oxygen atoms in total. The van der Waals surface area contributed by atoms with E-state index < -0.39 is 5.56 Å². The van der Waals surface area contributed by atoms with Crippen LogP contribution in [-0.4, -0.2) is 29.9 Å². The van der Waals surface area contributed by atoms with Gasteiger partial charge in [-0.15, -0.1) is 0 Å². The minimum Gasteiger partial charge on any atom is -0.493 e. The summed E-state index contributed by atoms with van der Waals surface area (Å²) in [5.74, 6) is 1.83. The van der Waals surface area contributed by atoms with Gasteiger partial charge in [0.05, 0.1) is 25.6 Å². The molecule has 8 heteroatoms. The van der Waals surface area contributed by atoms with Crippen LogP contribution < -0.4 is 20.5 Å². The predicted molar refractivity (Wildman–Crippen MR) is 124 cm³/mol. The number of aromatic amines is 1. The monoisotopic (exact) mass is 431 g/mol. The van der Waals surface area contributed by atoms with Crippen LogP contribution in [0, 0.1) is 17.2 Å². The van der Waals surface area contributed by atoms with Crippen molar-refractivity contribution in [1.29, 1.82) is 5.26 Å². The van der Waals surface area contributed by atoms with Crippen molar-refractivity contribution < 1.29 is 9.47 Å². The number of aromatic nitrogens is 2. The highest BCUT2D eigenvalue weighted by Crippen LogP contribution is 2.30. The van der Waals surface area contributed by atoms with Crippen LogP contribution >= 0.6 is 0 Å². The molecule has 0 aliphatic heterocycles. The molecular weight excluding hydrogens is 406 g/mol. The first-order valence-corrected chi connectivity index (χ1v) is 10.2. The van der Waals surface area contributed by atoms with E-state index in [0.717, 1.165) is 6.42 Å². The van der Waals surface area contributed by atoms with Crippen molar-refractivity contribution >= 4 is 12.2 Å². The topological polar surface area (TPSA) is 112 Å². The molecule has 3 rings (SSSR count). The fourth-order valence-electron chi connectivity index (χ4n) is 2.94. The first-order valence-electron chi connectivity index (χ1n) is 10.2. The van der Waals surface area contributed by atoms with E-state index in [1.165, 1.54) is 0 Å². The second kappa shape index (κ2) is 10.8. The van der Waals surface area contributed by atoms with Gasteiger partial charge < -0.3 is 9.47 Å². The molecule has 0 bridgehead atoms. The van der Waals surface area contributed by atoms with Crippen LogP contribution in [0.5, 0.6) is 11.5 Å². The Morgan fingerprint density at radius 3 is 2.69 bits per heavy atom. The van der Waals surface area contributed by atoms with Gasteiger partial charge in [-0.25, -0.2) is 10.4 Å². The molecule has 0 unspecified atom stereocenters. The summed E-state index contributed by atoms with van der Waals surface area (Å²) in [4.78, 5) is 19.3. The Bertz CT molecular complexity index is 1180. The Labute approximate surface area is 186 Å². The summed E-state index contributed by atoms with van der Waals surface area (Å²) in [6.45, 7) is 4.82. The van der Waals surface area contributed by atoms with Crippen molar-refractivity contribution in [2.24, 2.45) is 11.0 Å². The van der Waals surface area contributed by atoms with Crippen LogP contribution in [0.1, 0.15) is 31.4 Å². The number of H-pyrrole nitrogens is 1.